The summed E-state index contributed by atoms with van der Waals surface area (Å²) in [6, 6.07) is 2.19. The van der Waals surface area contributed by atoms with Crippen LogP contribution in [0.25, 0.3) is 0 Å². The Labute approximate surface area is 104 Å². The number of halogens is 5. The second-order valence-corrected chi connectivity index (χ2v) is 3.98. The number of aromatic nitrogens is 1. The van der Waals surface area contributed by atoms with Crippen molar-refractivity contribution in [2.75, 3.05) is 5.33 Å². The lowest BCUT2D eigenvalue weighted by molar-refractivity contribution is -0.141. The van der Waals surface area contributed by atoms with Crippen molar-refractivity contribution in [3.63, 3.8) is 0 Å². The molecule has 0 bridgehead atoms. The van der Waals surface area contributed by atoms with Crippen molar-refractivity contribution in [2.45, 2.75) is 12.6 Å². The van der Waals surface area contributed by atoms with Gasteiger partial charge in [0.1, 0.15) is 10.8 Å². The summed E-state index contributed by atoms with van der Waals surface area (Å²) < 4.78 is 37.1. The SMILES string of the molecule is FC(F)(F)c1cc(C#CCCBr)cc(Cl)n1. The van der Waals surface area contributed by atoms with Crippen LogP contribution in [0.5, 0.6) is 0 Å². The summed E-state index contributed by atoms with van der Waals surface area (Å²) in [5.41, 5.74) is -0.809. The molecule has 0 saturated heterocycles. The van der Waals surface area contributed by atoms with Crippen LogP contribution in [-0.4, -0.2) is 10.3 Å². The molecule has 86 valence electrons. The van der Waals surface area contributed by atoms with Crippen LogP contribution in [0, 0.1) is 11.8 Å². The van der Waals surface area contributed by atoms with Gasteiger partial charge in [-0.15, -0.1) is 0 Å². The molecule has 1 heterocycles. The Morgan fingerprint density at radius 1 is 1.38 bits per heavy atom. The van der Waals surface area contributed by atoms with Crippen LogP contribution >= 0.6 is 27.5 Å². The normalized spacial score (nSPS) is 10.8. The fourth-order valence-corrected chi connectivity index (χ4v) is 1.33. The average Bonchev–Trinajstić information content (AvgIpc) is 2.16. The van der Waals surface area contributed by atoms with Crippen LogP contribution in [0.2, 0.25) is 5.15 Å². The number of alkyl halides is 4. The van der Waals surface area contributed by atoms with Gasteiger partial charge in [-0.1, -0.05) is 39.4 Å². The molecule has 0 aliphatic carbocycles. The van der Waals surface area contributed by atoms with Crippen molar-refractivity contribution in [3.05, 3.63) is 28.5 Å². The largest absolute Gasteiger partial charge is 0.433 e. The lowest BCUT2D eigenvalue weighted by Gasteiger charge is -2.05. The first kappa shape index (κ1) is 13.3. The number of hydrogen-bond acceptors (Lipinski definition) is 1. The number of nitrogens with zero attached hydrogens (tertiary/aromatic N) is 1. The molecule has 1 aromatic heterocycles. The topological polar surface area (TPSA) is 12.9 Å². The molecule has 16 heavy (non-hydrogen) atoms. The molecule has 1 rings (SSSR count). The molecule has 0 fully saturated rings. The highest BCUT2D eigenvalue weighted by Gasteiger charge is 2.33. The van der Waals surface area contributed by atoms with Gasteiger partial charge in [-0.25, -0.2) is 4.98 Å². The summed E-state index contributed by atoms with van der Waals surface area (Å²) in [5.74, 6) is 5.30. The minimum atomic E-state index is -4.50. The lowest BCUT2D eigenvalue weighted by atomic mass is 10.2. The molecule has 0 radical (unpaired) electrons. The summed E-state index contributed by atoms with van der Waals surface area (Å²) in [6.07, 6.45) is -3.95. The molecule has 0 saturated carbocycles. The van der Waals surface area contributed by atoms with E-state index in [0.717, 1.165) is 6.07 Å². The van der Waals surface area contributed by atoms with Crippen LogP contribution in [0.3, 0.4) is 0 Å². The maximum atomic E-state index is 12.4. The van der Waals surface area contributed by atoms with E-state index in [-0.39, 0.29) is 10.7 Å². The van der Waals surface area contributed by atoms with Gasteiger partial charge in [0.25, 0.3) is 0 Å². The van der Waals surface area contributed by atoms with Crippen LogP contribution in [0.15, 0.2) is 12.1 Å². The monoisotopic (exact) mass is 311 g/mol. The van der Waals surface area contributed by atoms with E-state index in [1.165, 1.54) is 6.07 Å². The molecule has 0 atom stereocenters. The van der Waals surface area contributed by atoms with Crippen LogP contribution in [0.1, 0.15) is 17.7 Å². The Hall–Kier alpha value is -0.730. The zero-order valence-electron chi connectivity index (χ0n) is 7.91. The van der Waals surface area contributed by atoms with Gasteiger partial charge in [0.05, 0.1) is 0 Å². The summed E-state index contributed by atoms with van der Waals surface area (Å²) in [7, 11) is 0. The Balaban J connectivity index is 3.05. The molecule has 0 aromatic carbocycles. The Bertz CT molecular complexity index is 434. The molecule has 0 aliphatic heterocycles. The van der Waals surface area contributed by atoms with Gasteiger partial charge in [0, 0.05) is 17.3 Å². The number of pyridine rings is 1. The van der Waals surface area contributed by atoms with E-state index in [9.17, 15) is 13.2 Å². The molecule has 0 N–H and O–H groups in total. The van der Waals surface area contributed by atoms with Gasteiger partial charge >= 0.3 is 6.18 Å². The van der Waals surface area contributed by atoms with Crippen molar-refractivity contribution in [1.29, 1.82) is 0 Å². The molecule has 6 heteroatoms. The highest BCUT2D eigenvalue weighted by atomic mass is 79.9. The molecule has 1 nitrogen and oxygen atoms in total. The van der Waals surface area contributed by atoms with Crippen molar-refractivity contribution in [1.82, 2.24) is 4.98 Å². The van der Waals surface area contributed by atoms with Gasteiger partial charge in [-0.3, -0.25) is 0 Å². The summed E-state index contributed by atoms with van der Waals surface area (Å²) >= 11 is 8.64. The second-order valence-electron chi connectivity index (χ2n) is 2.80. The average molecular weight is 313 g/mol. The van der Waals surface area contributed by atoms with E-state index < -0.39 is 11.9 Å². The van der Waals surface area contributed by atoms with Crippen molar-refractivity contribution >= 4 is 27.5 Å². The molecular weight excluding hydrogens is 306 g/mol. The third kappa shape index (κ3) is 4.03. The smallest absolute Gasteiger partial charge is 0.232 e. The zero-order valence-corrected chi connectivity index (χ0v) is 10.2. The van der Waals surface area contributed by atoms with E-state index in [1.807, 2.05) is 0 Å². The van der Waals surface area contributed by atoms with Gasteiger partial charge in [-0.2, -0.15) is 13.2 Å². The molecular formula is C10H6BrClF3N. The fraction of sp³-hybridized carbons (Fsp3) is 0.300. The molecule has 0 amide bonds. The van der Waals surface area contributed by atoms with Crippen molar-refractivity contribution in [3.8, 4) is 11.8 Å². The standard InChI is InChI=1S/C10H6BrClF3N/c11-4-2-1-3-7-5-8(10(13,14)15)16-9(12)6-7/h5-6H,2,4H2. The first-order valence-electron chi connectivity index (χ1n) is 4.23. The first-order chi connectivity index (χ1) is 7.43. The van der Waals surface area contributed by atoms with E-state index in [4.69, 9.17) is 11.6 Å². The Kier molecular flexibility index (Phi) is 4.63. The van der Waals surface area contributed by atoms with Crippen molar-refractivity contribution in [2.24, 2.45) is 0 Å². The zero-order chi connectivity index (χ0) is 12.2. The Morgan fingerprint density at radius 2 is 2.06 bits per heavy atom. The quantitative estimate of drug-likeness (QED) is 0.435. The maximum absolute atomic E-state index is 12.4. The van der Waals surface area contributed by atoms with E-state index in [1.54, 1.807) is 0 Å². The predicted octanol–water partition coefficient (Wildman–Crippen LogP) is 3.89. The molecule has 0 spiro atoms. The summed E-state index contributed by atoms with van der Waals surface area (Å²) in [4.78, 5) is 3.20. The van der Waals surface area contributed by atoms with Gasteiger partial charge in [-0.05, 0) is 12.1 Å². The number of rotatable bonds is 1. The minimum absolute atomic E-state index is 0.210. The highest BCUT2D eigenvalue weighted by molar-refractivity contribution is 9.09. The van der Waals surface area contributed by atoms with Crippen LogP contribution in [-0.2, 0) is 6.18 Å². The van der Waals surface area contributed by atoms with Crippen molar-refractivity contribution < 1.29 is 13.2 Å². The van der Waals surface area contributed by atoms with E-state index in [2.05, 4.69) is 32.8 Å². The third-order valence-corrected chi connectivity index (χ3v) is 2.13. The molecule has 0 aliphatic rings. The summed E-state index contributed by atoms with van der Waals surface area (Å²) in [5, 5.41) is 0.461. The highest BCUT2D eigenvalue weighted by Crippen LogP contribution is 2.29. The maximum Gasteiger partial charge on any atom is 0.433 e. The predicted molar refractivity (Wildman–Crippen MR) is 59.5 cm³/mol. The first-order valence-corrected chi connectivity index (χ1v) is 5.73. The fourth-order valence-electron chi connectivity index (χ4n) is 0.926. The van der Waals surface area contributed by atoms with Gasteiger partial charge in [0.15, 0.2) is 0 Å². The molecule has 1 aromatic rings. The van der Waals surface area contributed by atoms with Crippen LogP contribution < -0.4 is 0 Å². The van der Waals surface area contributed by atoms with E-state index in [0.29, 0.717) is 11.8 Å². The second kappa shape index (κ2) is 5.55. The van der Waals surface area contributed by atoms with Gasteiger partial charge in [0.2, 0.25) is 0 Å². The van der Waals surface area contributed by atoms with Gasteiger partial charge < -0.3 is 0 Å². The van der Waals surface area contributed by atoms with Crippen LogP contribution in [0.4, 0.5) is 13.2 Å². The molecule has 0 unspecified atom stereocenters. The van der Waals surface area contributed by atoms with E-state index >= 15 is 0 Å². The number of hydrogen-bond donors (Lipinski definition) is 0. The Morgan fingerprint density at radius 3 is 2.62 bits per heavy atom. The summed E-state index contributed by atoms with van der Waals surface area (Å²) in [6.45, 7) is 0. The third-order valence-electron chi connectivity index (χ3n) is 1.54. The lowest BCUT2D eigenvalue weighted by Crippen LogP contribution is -2.08. The minimum Gasteiger partial charge on any atom is -0.232 e.